The predicted molar refractivity (Wildman–Crippen MR) is 106 cm³/mol. The number of benzene rings is 2. The number of hydrogen-bond acceptors (Lipinski definition) is 0. The van der Waals surface area contributed by atoms with Gasteiger partial charge in [0, 0.05) is 6.07 Å². The van der Waals surface area contributed by atoms with E-state index >= 15 is 0 Å². The molecule has 1 nitrogen and oxygen atoms in total. The minimum atomic E-state index is 0.571. The molecule has 25 heavy (non-hydrogen) atoms. The molecule has 1 saturated carbocycles. The van der Waals surface area contributed by atoms with Crippen molar-refractivity contribution in [2.75, 3.05) is 0 Å². The van der Waals surface area contributed by atoms with Crippen LogP contribution in [0.2, 0.25) is 0 Å². The molecule has 1 aliphatic rings. The average Bonchev–Trinajstić information content (AvgIpc) is 2.65. The van der Waals surface area contributed by atoms with Gasteiger partial charge in [-0.2, -0.15) is 0 Å². The maximum absolute atomic E-state index is 7.94. The van der Waals surface area contributed by atoms with Crippen LogP contribution >= 0.6 is 0 Å². The molecule has 0 aliphatic heterocycles. The molecule has 2 aromatic carbocycles. The molecule has 0 bridgehead atoms. The molecule has 0 radical (unpaired) electrons. The topological polar surface area (TPSA) is 3.88 Å². The van der Waals surface area contributed by atoms with E-state index < -0.39 is 0 Å². The zero-order chi connectivity index (χ0) is 18.3. The number of pyridine rings is 1. The smallest absolute Gasteiger partial charge is 0.200 e. The Kier molecular flexibility index (Phi) is 4.01. The molecule has 1 heterocycles. The van der Waals surface area contributed by atoms with Gasteiger partial charge in [0.25, 0.3) is 0 Å². The molecule has 3 aromatic rings. The Morgan fingerprint density at radius 3 is 2.64 bits per heavy atom. The van der Waals surface area contributed by atoms with Crippen LogP contribution in [0.25, 0.3) is 22.0 Å². The van der Waals surface area contributed by atoms with E-state index in [0.29, 0.717) is 12.0 Å². The summed E-state index contributed by atoms with van der Waals surface area (Å²) >= 11 is 0. The summed E-state index contributed by atoms with van der Waals surface area (Å²) in [6, 6.07) is 13.5. The predicted octanol–water partition coefficient (Wildman–Crippen LogP) is 6.00. The molecule has 0 unspecified atom stereocenters. The second-order valence-electron chi connectivity index (χ2n) is 7.63. The summed E-state index contributed by atoms with van der Waals surface area (Å²) in [4.78, 5) is 0. The summed E-state index contributed by atoms with van der Waals surface area (Å²) in [5.41, 5.74) is 6.87. The lowest BCUT2D eigenvalue weighted by molar-refractivity contribution is -0.659. The van der Waals surface area contributed by atoms with E-state index in [9.17, 15) is 0 Å². The summed E-state index contributed by atoms with van der Waals surface area (Å²) in [7, 11) is 2.13. The van der Waals surface area contributed by atoms with E-state index in [0.717, 1.165) is 5.39 Å². The molecule has 1 aromatic heterocycles. The lowest BCUT2D eigenvalue weighted by atomic mass is 9.81. The monoisotopic (exact) mass is 331 g/mol. The minimum Gasteiger partial charge on any atom is -0.200 e. The van der Waals surface area contributed by atoms with Crippen molar-refractivity contribution in [1.29, 1.82) is 0 Å². The maximum atomic E-state index is 7.94. The van der Waals surface area contributed by atoms with E-state index in [1.165, 1.54) is 65.4 Å². The summed E-state index contributed by atoms with van der Waals surface area (Å²) in [6.45, 7) is 4.49. The first-order valence-electron chi connectivity index (χ1n) is 10.0. The highest BCUT2D eigenvalue weighted by Crippen LogP contribution is 2.37. The first-order chi connectivity index (χ1) is 12.5. The number of nitrogens with zero attached hydrogens (tertiary/aromatic N) is 1. The maximum Gasteiger partial charge on any atom is 0.220 e. The van der Waals surface area contributed by atoms with Crippen molar-refractivity contribution in [2.24, 2.45) is 7.05 Å². The molecule has 0 atom stereocenters. The third-order valence-corrected chi connectivity index (χ3v) is 6.00. The largest absolute Gasteiger partial charge is 0.220 e. The van der Waals surface area contributed by atoms with E-state index in [-0.39, 0.29) is 0 Å². The molecular formula is C24H28N+. The van der Waals surface area contributed by atoms with Gasteiger partial charge in [-0.25, -0.2) is 4.57 Å². The third-order valence-electron chi connectivity index (χ3n) is 6.00. The molecule has 1 aliphatic carbocycles. The third kappa shape index (κ3) is 2.97. The zero-order valence-corrected chi connectivity index (χ0v) is 15.6. The Hall–Kier alpha value is -2.15. The first kappa shape index (κ1) is 15.1. The molecular weight excluding hydrogens is 302 g/mol. The fourth-order valence-electron chi connectivity index (χ4n) is 4.39. The van der Waals surface area contributed by atoms with Crippen molar-refractivity contribution in [2.45, 2.75) is 51.9 Å². The van der Waals surface area contributed by atoms with Crippen molar-refractivity contribution < 1.29 is 5.94 Å². The highest BCUT2D eigenvalue weighted by atomic mass is 14.9. The quantitative estimate of drug-likeness (QED) is 0.507. The van der Waals surface area contributed by atoms with E-state index in [1.54, 1.807) is 0 Å². The molecule has 1 heteroatoms. The summed E-state index contributed by atoms with van der Waals surface area (Å²) in [5, 5.41) is 2.38. The number of rotatable bonds is 2. The molecule has 0 spiro atoms. The molecule has 1 fully saturated rings. The van der Waals surface area contributed by atoms with Crippen LogP contribution in [0.15, 0.2) is 48.6 Å². The van der Waals surface area contributed by atoms with Crippen molar-refractivity contribution >= 4 is 10.8 Å². The summed E-state index contributed by atoms with van der Waals surface area (Å²) in [6.07, 6.45) is 8.89. The number of hydrogen-bond donors (Lipinski definition) is 0. The highest BCUT2D eigenvalue weighted by Gasteiger charge is 2.22. The Bertz CT molecular complexity index is 968. The van der Waals surface area contributed by atoms with Crippen molar-refractivity contribution in [1.82, 2.24) is 0 Å². The average molecular weight is 332 g/mol. The van der Waals surface area contributed by atoms with Crippen LogP contribution in [0.3, 0.4) is 0 Å². The van der Waals surface area contributed by atoms with Gasteiger partial charge in [-0.15, -0.1) is 0 Å². The van der Waals surface area contributed by atoms with Gasteiger partial charge < -0.3 is 0 Å². The standard InChI is InChI=1S/C24H28N/c1-17-15-21(19-9-5-4-6-10-19)16-23(18(17)2)24-22-12-8-7-11-20(22)13-14-25(24)3/h7-8,11-16,19H,4-6,9-10H2,1-3H3/q+1/i7D. The normalized spacial score (nSPS) is 16.2. The van der Waals surface area contributed by atoms with Crippen LogP contribution in [0.5, 0.6) is 0 Å². The van der Waals surface area contributed by atoms with Gasteiger partial charge in [0.15, 0.2) is 6.20 Å². The minimum absolute atomic E-state index is 0.571. The number of fused-ring (bicyclic) bond motifs is 1. The SMILES string of the molecule is [2H]c1ccc2c(-c3cc(C4CCCCC4)cc(C)c3C)[n+](C)ccc2c1. The van der Waals surface area contributed by atoms with Gasteiger partial charge in [-0.05, 0) is 66.8 Å². The fraction of sp³-hybridized carbons (Fsp3) is 0.375. The summed E-state index contributed by atoms with van der Waals surface area (Å²) < 4.78 is 10.2. The molecule has 0 amide bonds. The Balaban J connectivity index is 1.94. The fourth-order valence-corrected chi connectivity index (χ4v) is 4.39. The van der Waals surface area contributed by atoms with Crippen LogP contribution in [0.1, 0.15) is 56.1 Å². The lowest BCUT2D eigenvalue weighted by Crippen LogP contribution is -2.30. The second-order valence-corrected chi connectivity index (χ2v) is 7.63. The van der Waals surface area contributed by atoms with E-state index in [4.69, 9.17) is 1.37 Å². The molecule has 4 rings (SSSR count). The van der Waals surface area contributed by atoms with Gasteiger partial charge in [-0.3, -0.25) is 0 Å². The molecule has 0 saturated heterocycles. The van der Waals surface area contributed by atoms with Crippen molar-refractivity contribution in [3.05, 3.63) is 65.3 Å². The lowest BCUT2D eigenvalue weighted by Gasteiger charge is -2.23. The van der Waals surface area contributed by atoms with Crippen LogP contribution in [0, 0.1) is 13.8 Å². The van der Waals surface area contributed by atoms with Gasteiger partial charge in [0.1, 0.15) is 7.05 Å². The number of aryl methyl sites for hydroxylation is 2. The highest BCUT2D eigenvalue weighted by molar-refractivity contribution is 5.93. The van der Waals surface area contributed by atoms with Gasteiger partial charge in [0.2, 0.25) is 5.69 Å². The zero-order valence-electron chi connectivity index (χ0n) is 16.6. The van der Waals surface area contributed by atoms with Gasteiger partial charge >= 0.3 is 0 Å². The van der Waals surface area contributed by atoms with Crippen molar-refractivity contribution in [3.63, 3.8) is 0 Å². The van der Waals surface area contributed by atoms with Crippen molar-refractivity contribution in [3.8, 4) is 11.3 Å². The second kappa shape index (κ2) is 6.63. The first-order valence-corrected chi connectivity index (χ1v) is 9.55. The van der Waals surface area contributed by atoms with Crippen LogP contribution in [0.4, 0.5) is 0 Å². The Morgan fingerprint density at radius 2 is 1.84 bits per heavy atom. The molecule has 0 N–H and O–H groups in total. The van der Waals surface area contributed by atoms with Gasteiger partial charge in [0.05, 0.1) is 12.3 Å². The Morgan fingerprint density at radius 1 is 1.04 bits per heavy atom. The molecule has 128 valence electrons. The van der Waals surface area contributed by atoms with Gasteiger partial charge in [-0.1, -0.05) is 43.5 Å². The number of aromatic nitrogens is 1. The summed E-state index contributed by atoms with van der Waals surface area (Å²) in [5.74, 6) is 0.710. The van der Waals surface area contributed by atoms with E-state index in [1.807, 2.05) is 12.1 Å². The van der Waals surface area contributed by atoms with Crippen LogP contribution < -0.4 is 4.57 Å². The Labute approximate surface area is 152 Å². The van der Waals surface area contributed by atoms with E-state index in [2.05, 4.69) is 55.9 Å². The van der Waals surface area contributed by atoms with Crippen LogP contribution in [-0.4, -0.2) is 0 Å². The van der Waals surface area contributed by atoms with Crippen LogP contribution in [-0.2, 0) is 7.05 Å².